The first-order valence-corrected chi connectivity index (χ1v) is 20.5. The minimum absolute atomic E-state index is 0.354. The molecule has 1 aromatic heterocycles. The van der Waals surface area contributed by atoms with Crippen molar-refractivity contribution in [1.82, 2.24) is 4.98 Å². The standard InChI is InChI=1S/C57H38N4/c58-57-55(47-27-24-42-31-46(26-23-43(42)32-47)54-19-7-12-38-10-2-4-17-52(38)54)34-49(35-56(57)61-60-50-15-5-13-39(33-50)48-14-8-28-59-36-48)44-21-20-41-30-45(25-22-40(41)29-44)53-18-6-11-37-9-1-3-16-51(37)53/h1-36,58,60H/b58-57?,61-56-. The van der Waals surface area contributed by atoms with E-state index in [-0.39, 0.29) is 0 Å². The Morgan fingerprint density at radius 1 is 0.410 bits per heavy atom. The number of hydrogen-bond donors (Lipinski definition) is 2. The van der Waals surface area contributed by atoms with E-state index in [4.69, 9.17) is 5.10 Å². The number of pyridine rings is 1. The van der Waals surface area contributed by atoms with E-state index in [1.807, 2.05) is 36.5 Å². The summed E-state index contributed by atoms with van der Waals surface area (Å²) in [7, 11) is 0. The zero-order valence-corrected chi connectivity index (χ0v) is 33.2. The van der Waals surface area contributed by atoms with Gasteiger partial charge in [-0.25, -0.2) is 0 Å². The van der Waals surface area contributed by atoms with E-state index in [1.54, 1.807) is 6.20 Å². The second-order valence-corrected chi connectivity index (χ2v) is 15.6. The monoisotopic (exact) mass is 778 g/mol. The lowest BCUT2D eigenvalue weighted by Gasteiger charge is -2.19. The molecule has 1 heterocycles. The number of hydrogen-bond acceptors (Lipinski definition) is 4. The summed E-state index contributed by atoms with van der Waals surface area (Å²) in [6.07, 6.45) is 7.80. The maximum atomic E-state index is 9.57. The van der Waals surface area contributed by atoms with Crippen molar-refractivity contribution in [1.29, 1.82) is 5.41 Å². The van der Waals surface area contributed by atoms with Crippen LogP contribution in [0.3, 0.4) is 0 Å². The van der Waals surface area contributed by atoms with Crippen LogP contribution >= 0.6 is 0 Å². The largest absolute Gasteiger partial charge is 0.298 e. The van der Waals surface area contributed by atoms with Gasteiger partial charge in [-0.05, 0) is 142 Å². The number of anilines is 1. The van der Waals surface area contributed by atoms with Crippen LogP contribution in [0.1, 0.15) is 11.1 Å². The molecule has 286 valence electrons. The Balaban J connectivity index is 0.975. The molecular formula is C57H38N4. The first kappa shape index (κ1) is 35.9. The first-order chi connectivity index (χ1) is 30.1. The van der Waals surface area contributed by atoms with E-state index >= 15 is 0 Å². The molecule has 10 aromatic rings. The van der Waals surface area contributed by atoms with Crippen molar-refractivity contribution in [2.24, 2.45) is 5.10 Å². The highest BCUT2D eigenvalue weighted by Crippen LogP contribution is 2.36. The zero-order valence-electron chi connectivity index (χ0n) is 33.2. The Kier molecular flexibility index (Phi) is 8.94. The van der Waals surface area contributed by atoms with Gasteiger partial charge < -0.3 is 0 Å². The van der Waals surface area contributed by atoms with Crippen LogP contribution in [-0.2, 0) is 0 Å². The van der Waals surface area contributed by atoms with Crippen LogP contribution in [0, 0.1) is 5.41 Å². The first-order valence-electron chi connectivity index (χ1n) is 20.5. The minimum atomic E-state index is 0.354. The summed E-state index contributed by atoms with van der Waals surface area (Å²) in [4.78, 5) is 4.30. The fourth-order valence-electron chi connectivity index (χ4n) is 8.66. The summed E-state index contributed by atoms with van der Waals surface area (Å²) >= 11 is 0. The van der Waals surface area contributed by atoms with Crippen LogP contribution in [0.5, 0.6) is 0 Å². The Hall–Kier alpha value is -8.21. The summed E-state index contributed by atoms with van der Waals surface area (Å²) in [5.41, 5.74) is 15.7. The highest BCUT2D eigenvalue weighted by molar-refractivity contribution is 6.62. The summed E-state index contributed by atoms with van der Waals surface area (Å²) in [5.74, 6) is 0. The van der Waals surface area contributed by atoms with Crippen molar-refractivity contribution in [3.05, 3.63) is 230 Å². The Bertz CT molecular complexity index is 3460. The predicted molar refractivity (Wildman–Crippen MR) is 258 cm³/mol. The molecular weight excluding hydrogens is 741 g/mol. The zero-order chi connectivity index (χ0) is 40.7. The maximum absolute atomic E-state index is 9.57. The molecule has 0 bridgehead atoms. The summed E-state index contributed by atoms with van der Waals surface area (Å²) in [5, 5.41) is 24.0. The smallest absolute Gasteiger partial charge is 0.109 e. The van der Waals surface area contributed by atoms with Gasteiger partial charge in [0.1, 0.15) is 5.71 Å². The average Bonchev–Trinajstić information content (AvgIpc) is 3.33. The Morgan fingerprint density at radius 2 is 0.951 bits per heavy atom. The number of hydrazone groups is 1. The molecule has 4 nitrogen and oxygen atoms in total. The maximum Gasteiger partial charge on any atom is 0.109 e. The normalized spacial score (nSPS) is 13.5. The second-order valence-electron chi connectivity index (χ2n) is 15.6. The summed E-state index contributed by atoms with van der Waals surface area (Å²) < 4.78 is 0. The Morgan fingerprint density at radius 3 is 1.59 bits per heavy atom. The van der Waals surface area contributed by atoms with Crippen LogP contribution < -0.4 is 5.43 Å². The van der Waals surface area contributed by atoms with Gasteiger partial charge in [-0.3, -0.25) is 15.8 Å². The Labute approximate surface area is 354 Å². The van der Waals surface area contributed by atoms with Gasteiger partial charge in [0.25, 0.3) is 0 Å². The van der Waals surface area contributed by atoms with Gasteiger partial charge >= 0.3 is 0 Å². The number of nitrogens with one attached hydrogen (secondary N) is 2. The molecule has 9 aromatic carbocycles. The molecule has 0 fully saturated rings. The summed E-state index contributed by atoms with van der Waals surface area (Å²) in [6, 6.07) is 68.7. The van der Waals surface area contributed by atoms with E-state index in [1.165, 1.54) is 49.2 Å². The molecule has 1 aliphatic carbocycles. The van der Waals surface area contributed by atoms with Crippen LogP contribution in [0.15, 0.2) is 224 Å². The third-order valence-corrected chi connectivity index (χ3v) is 11.8. The average molecular weight is 779 g/mol. The number of rotatable bonds is 7. The van der Waals surface area contributed by atoms with Gasteiger partial charge in [-0.2, -0.15) is 5.10 Å². The quantitative estimate of drug-likeness (QED) is 0.125. The fourth-order valence-corrected chi connectivity index (χ4v) is 8.66. The van der Waals surface area contributed by atoms with Crippen molar-refractivity contribution in [2.75, 3.05) is 5.43 Å². The second kappa shape index (κ2) is 15.2. The SMILES string of the molecule is N=C1C(c2ccc3cc(-c4cccc5ccccc45)ccc3c2)=CC(c2ccc3cc(-c4cccc5ccccc45)ccc3c2)=C/C1=N/Nc1cccc(-c2cccnc2)c1. The van der Waals surface area contributed by atoms with E-state index in [0.717, 1.165) is 55.2 Å². The lowest BCUT2D eigenvalue weighted by atomic mass is 9.86. The molecule has 4 heteroatoms. The van der Waals surface area contributed by atoms with E-state index < -0.39 is 0 Å². The number of nitrogens with zero attached hydrogens (tertiary/aromatic N) is 2. The predicted octanol–water partition coefficient (Wildman–Crippen LogP) is 14.7. The number of allylic oxidation sites excluding steroid dienone is 4. The van der Waals surface area contributed by atoms with Crippen molar-refractivity contribution < 1.29 is 0 Å². The van der Waals surface area contributed by atoms with Gasteiger partial charge in [0.2, 0.25) is 0 Å². The van der Waals surface area contributed by atoms with Gasteiger partial charge in [-0.15, -0.1) is 0 Å². The fraction of sp³-hybridized carbons (Fsp3) is 0. The number of aromatic nitrogens is 1. The van der Waals surface area contributed by atoms with Crippen LogP contribution in [-0.4, -0.2) is 16.4 Å². The lowest BCUT2D eigenvalue weighted by Crippen LogP contribution is -2.18. The van der Waals surface area contributed by atoms with Crippen LogP contribution in [0.2, 0.25) is 0 Å². The van der Waals surface area contributed by atoms with Crippen LogP contribution in [0.25, 0.3) is 87.6 Å². The van der Waals surface area contributed by atoms with Gasteiger partial charge in [-0.1, -0.05) is 152 Å². The molecule has 0 saturated heterocycles. The molecule has 2 N–H and O–H groups in total. The van der Waals surface area contributed by atoms with Gasteiger partial charge in [0.15, 0.2) is 0 Å². The molecule has 0 saturated carbocycles. The van der Waals surface area contributed by atoms with Crippen molar-refractivity contribution >= 4 is 71.3 Å². The summed E-state index contributed by atoms with van der Waals surface area (Å²) in [6.45, 7) is 0. The van der Waals surface area contributed by atoms with E-state index in [0.29, 0.717) is 11.4 Å². The minimum Gasteiger partial charge on any atom is -0.298 e. The molecule has 61 heavy (non-hydrogen) atoms. The number of benzene rings is 9. The highest BCUT2D eigenvalue weighted by Gasteiger charge is 2.21. The van der Waals surface area contributed by atoms with Gasteiger partial charge in [0, 0.05) is 23.5 Å². The van der Waals surface area contributed by atoms with E-state index in [9.17, 15) is 5.41 Å². The molecule has 0 radical (unpaired) electrons. The molecule has 0 aliphatic heterocycles. The van der Waals surface area contributed by atoms with Crippen molar-refractivity contribution in [3.63, 3.8) is 0 Å². The molecule has 0 amide bonds. The third-order valence-electron chi connectivity index (χ3n) is 11.8. The third kappa shape index (κ3) is 6.86. The van der Waals surface area contributed by atoms with Gasteiger partial charge in [0.05, 0.1) is 11.4 Å². The molecule has 1 aliphatic rings. The molecule has 0 atom stereocenters. The topological polar surface area (TPSA) is 61.1 Å². The van der Waals surface area contributed by atoms with Crippen molar-refractivity contribution in [2.45, 2.75) is 0 Å². The van der Waals surface area contributed by atoms with Crippen LogP contribution in [0.4, 0.5) is 5.69 Å². The molecule has 0 unspecified atom stereocenters. The van der Waals surface area contributed by atoms with Crippen molar-refractivity contribution in [3.8, 4) is 33.4 Å². The lowest BCUT2D eigenvalue weighted by molar-refractivity contribution is 1.32. The highest BCUT2D eigenvalue weighted by atomic mass is 15.3. The van der Waals surface area contributed by atoms with E-state index in [2.05, 4.69) is 186 Å². The molecule has 11 rings (SSSR count). The number of fused-ring (bicyclic) bond motifs is 4. The molecule has 0 spiro atoms.